The van der Waals surface area contributed by atoms with Crippen LogP contribution in [-0.4, -0.2) is 24.7 Å². The minimum absolute atomic E-state index is 0.0142. The van der Waals surface area contributed by atoms with E-state index in [0.29, 0.717) is 12.3 Å². The number of amides is 1. The van der Waals surface area contributed by atoms with Gasteiger partial charge < -0.3 is 20.5 Å². The molecule has 2 aromatic carbocycles. The first-order valence-electron chi connectivity index (χ1n) is 6.63. The Morgan fingerprint density at radius 2 is 2.00 bits per heavy atom. The lowest BCUT2D eigenvalue weighted by molar-refractivity contribution is -0.122. The number of para-hydroxylation sites is 1. The third kappa shape index (κ3) is 4.42. The van der Waals surface area contributed by atoms with Gasteiger partial charge in [0.25, 0.3) is 5.91 Å². The topological polar surface area (TPSA) is 70.6 Å². The summed E-state index contributed by atoms with van der Waals surface area (Å²) in [5.41, 5.74) is 1.75. The number of rotatable bonds is 6. The summed E-state index contributed by atoms with van der Waals surface area (Å²) in [7, 11) is 1.57. The van der Waals surface area contributed by atoms with Gasteiger partial charge in [0, 0.05) is 30.9 Å². The molecule has 0 saturated carbocycles. The van der Waals surface area contributed by atoms with Gasteiger partial charge in [-0.1, -0.05) is 24.3 Å². The van der Waals surface area contributed by atoms with Gasteiger partial charge in [0.15, 0.2) is 6.61 Å². The van der Waals surface area contributed by atoms with Gasteiger partial charge in [0.1, 0.15) is 11.5 Å². The molecule has 0 saturated heterocycles. The van der Waals surface area contributed by atoms with E-state index in [-0.39, 0.29) is 18.3 Å². The number of hydrogen-bond donors (Lipinski definition) is 3. The third-order valence-electron chi connectivity index (χ3n) is 2.94. The maximum atomic E-state index is 11.2. The highest BCUT2D eigenvalue weighted by Crippen LogP contribution is 2.21. The second kappa shape index (κ2) is 7.19. The van der Waals surface area contributed by atoms with E-state index >= 15 is 0 Å². The molecule has 5 heteroatoms. The molecule has 0 aliphatic heterocycles. The van der Waals surface area contributed by atoms with Crippen LogP contribution in [0.5, 0.6) is 11.5 Å². The maximum Gasteiger partial charge on any atom is 0.257 e. The van der Waals surface area contributed by atoms with Crippen LogP contribution in [0.3, 0.4) is 0 Å². The number of ether oxygens (including phenoxy) is 1. The molecule has 2 aromatic rings. The van der Waals surface area contributed by atoms with Crippen molar-refractivity contribution in [3.63, 3.8) is 0 Å². The molecule has 0 aliphatic rings. The van der Waals surface area contributed by atoms with Crippen molar-refractivity contribution in [2.45, 2.75) is 6.54 Å². The number of carbonyl (C=O) groups is 1. The van der Waals surface area contributed by atoms with Gasteiger partial charge in [-0.15, -0.1) is 0 Å². The number of aromatic hydroxyl groups is 1. The van der Waals surface area contributed by atoms with Crippen LogP contribution >= 0.6 is 0 Å². The zero-order chi connectivity index (χ0) is 15.1. The SMILES string of the molecule is CNC(=O)COc1ccccc1CNc1cccc(O)c1. The lowest BCUT2D eigenvalue weighted by Crippen LogP contribution is -2.25. The van der Waals surface area contributed by atoms with Gasteiger partial charge in [-0.2, -0.15) is 0 Å². The van der Waals surface area contributed by atoms with E-state index in [0.717, 1.165) is 11.3 Å². The van der Waals surface area contributed by atoms with Crippen molar-refractivity contribution in [1.82, 2.24) is 5.32 Å². The molecule has 3 N–H and O–H groups in total. The molecule has 0 heterocycles. The fourth-order valence-electron chi connectivity index (χ4n) is 1.82. The summed E-state index contributed by atoms with van der Waals surface area (Å²) in [6.07, 6.45) is 0. The maximum absolute atomic E-state index is 11.2. The number of anilines is 1. The first kappa shape index (κ1) is 14.7. The fraction of sp³-hybridized carbons (Fsp3) is 0.188. The van der Waals surface area contributed by atoms with Gasteiger partial charge >= 0.3 is 0 Å². The number of benzene rings is 2. The molecule has 0 aromatic heterocycles. The summed E-state index contributed by atoms with van der Waals surface area (Å²) in [6, 6.07) is 14.4. The molecule has 1 amide bonds. The lowest BCUT2D eigenvalue weighted by atomic mass is 10.2. The number of hydrogen-bond acceptors (Lipinski definition) is 4. The molecule has 0 atom stereocenters. The van der Waals surface area contributed by atoms with Crippen molar-refractivity contribution in [2.75, 3.05) is 19.0 Å². The zero-order valence-electron chi connectivity index (χ0n) is 11.8. The highest BCUT2D eigenvalue weighted by molar-refractivity contribution is 5.77. The van der Waals surface area contributed by atoms with Crippen LogP contribution in [-0.2, 0) is 11.3 Å². The molecule has 21 heavy (non-hydrogen) atoms. The minimum atomic E-state index is -0.175. The molecular weight excluding hydrogens is 268 g/mol. The second-order valence-corrected chi connectivity index (χ2v) is 4.47. The van der Waals surface area contributed by atoms with Gasteiger partial charge in [-0.25, -0.2) is 0 Å². The Morgan fingerprint density at radius 3 is 2.76 bits per heavy atom. The van der Waals surface area contributed by atoms with Crippen LogP contribution in [0, 0.1) is 0 Å². The summed E-state index contributed by atoms with van der Waals surface area (Å²) in [6.45, 7) is 0.521. The lowest BCUT2D eigenvalue weighted by Gasteiger charge is -2.12. The van der Waals surface area contributed by atoms with Crippen LogP contribution in [0.25, 0.3) is 0 Å². The second-order valence-electron chi connectivity index (χ2n) is 4.47. The van der Waals surface area contributed by atoms with E-state index in [1.54, 1.807) is 25.2 Å². The average molecular weight is 286 g/mol. The number of phenols is 1. The van der Waals surface area contributed by atoms with Crippen molar-refractivity contribution in [3.8, 4) is 11.5 Å². The van der Waals surface area contributed by atoms with E-state index in [2.05, 4.69) is 10.6 Å². The Kier molecular flexibility index (Phi) is 5.04. The van der Waals surface area contributed by atoms with Crippen molar-refractivity contribution < 1.29 is 14.6 Å². The molecule has 0 fully saturated rings. The first-order chi connectivity index (χ1) is 10.2. The highest BCUT2D eigenvalue weighted by Gasteiger charge is 2.05. The summed E-state index contributed by atoms with van der Waals surface area (Å²) in [5.74, 6) is 0.698. The van der Waals surface area contributed by atoms with Crippen LogP contribution < -0.4 is 15.4 Å². The summed E-state index contributed by atoms with van der Waals surface area (Å²) >= 11 is 0. The largest absolute Gasteiger partial charge is 0.508 e. The van der Waals surface area contributed by atoms with Crippen molar-refractivity contribution in [1.29, 1.82) is 0 Å². The predicted octanol–water partition coefficient (Wildman–Crippen LogP) is 2.13. The number of phenolic OH excluding ortho intramolecular Hbond substituents is 1. The molecule has 0 radical (unpaired) electrons. The van der Waals surface area contributed by atoms with Gasteiger partial charge in [0.05, 0.1) is 0 Å². The third-order valence-corrected chi connectivity index (χ3v) is 2.94. The Balaban J connectivity index is 2.01. The van der Waals surface area contributed by atoms with Crippen LogP contribution in [0.4, 0.5) is 5.69 Å². The number of carbonyl (C=O) groups excluding carboxylic acids is 1. The Hall–Kier alpha value is -2.69. The minimum Gasteiger partial charge on any atom is -0.508 e. The van der Waals surface area contributed by atoms with Crippen molar-refractivity contribution >= 4 is 11.6 Å². The molecule has 0 bridgehead atoms. The summed E-state index contributed by atoms with van der Waals surface area (Å²) in [4.78, 5) is 11.2. The van der Waals surface area contributed by atoms with Gasteiger partial charge in [0.2, 0.25) is 0 Å². The van der Waals surface area contributed by atoms with Crippen molar-refractivity contribution in [2.24, 2.45) is 0 Å². The molecule has 0 spiro atoms. The summed E-state index contributed by atoms with van der Waals surface area (Å²) in [5, 5.41) is 15.1. The van der Waals surface area contributed by atoms with E-state index in [1.165, 1.54) is 0 Å². The monoisotopic (exact) mass is 286 g/mol. The molecule has 5 nitrogen and oxygen atoms in total. The number of nitrogens with one attached hydrogen (secondary N) is 2. The Labute approximate surface area is 123 Å². The summed E-state index contributed by atoms with van der Waals surface area (Å²) < 4.78 is 5.50. The van der Waals surface area contributed by atoms with Crippen LogP contribution in [0.15, 0.2) is 48.5 Å². The van der Waals surface area contributed by atoms with Crippen LogP contribution in [0.2, 0.25) is 0 Å². The molecule has 2 rings (SSSR count). The Bertz CT molecular complexity index is 614. The van der Waals surface area contributed by atoms with E-state index in [1.807, 2.05) is 30.3 Å². The zero-order valence-corrected chi connectivity index (χ0v) is 11.8. The molecular formula is C16H18N2O3. The normalized spacial score (nSPS) is 9.95. The van der Waals surface area contributed by atoms with E-state index in [9.17, 15) is 9.90 Å². The average Bonchev–Trinajstić information content (AvgIpc) is 2.51. The first-order valence-corrected chi connectivity index (χ1v) is 6.63. The smallest absolute Gasteiger partial charge is 0.257 e. The molecule has 110 valence electrons. The highest BCUT2D eigenvalue weighted by atomic mass is 16.5. The quantitative estimate of drug-likeness (QED) is 0.761. The van der Waals surface area contributed by atoms with Gasteiger partial charge in [-0.05, 0) is 18.2 Å². The van der Waals surface area contributed by atoms with Crippen molar-refractivity contribution in [3.05, 3.63) is 54.1 Å². The molecule has 0 aliphatic carbocycles. The predicted molar refractivity (Wildman–Crippen MR) is 81.4 cm³/mol. The van der Waals surface area contributed by atoms with E-state index < -0.39 is 0 Å². The fourth-order valence-corrected chi connectivity index (χ4v) is 1.82. The van der Waals surface area contributed by atoms with Crippen LogP contribution in [0.1, 0.15) is 5.56 Å². The van der Waals surface area contributed by atoms with Gasteiger partial charge in [-0.3, -0.25) is 4.79 Å². The molecule has 0 unspecified atom stereocenters. The Morgan fingerprint density at radius 1 is 1.19 bits per heavy atom. The standard InChI is InChI=1S/C16H18N2O3/c1-17-16(20)11-21-15-8-3-2-5-12(15)10-18-13-6-4-7-14(19)9-13/h2-9,18-19H,10-11H2,1H3,(H,17,20). The number of likely N-dealkylation sites (N-methyl/N-ethyl adjacent to an activating group) is 1. The van der Waals surface area contributed by atoms with E-state index in [4.69, 9.17) is 4.74 Å².